The van der Waals surface area contributed by atoms with E-state index >= 15 is 0 Å². The zero-order valence-corrected chi connectivity index (χ0v) is 7.96. The van der Waals surface area contributed by atoms with Gasteiger partial charge in [-0.1, -0.05) is 13.8 Å². The van der Waals surface area contributed by atoms with E-state index in [9.17, 15) is 4.79 Å². The van der Waals surface area contributed by atoms with E-state index in [1.165, 1.54) is 6.92 Å². The van der Waals surface area contributed by atoms with Gasteiger partial charge in [-0.3, -0.25) is 4.79 Å². The first-order valence-electron chi connectivity index (χ1n) is 4.69. The average Bonchev–Trinajstić information content (AvgIpc) is 2.38. The zero-order chi connectivity index (χ0) is 8.93. The van der Waals surface area contributed by atoms with Crippen LogP contribution < -0.4 is 0 Å². The van der Waals surface area contributed by atoms with E-state index in [0.717, 1.165) is 24.7 Å². The Morgan fingerprint density at radius 2 is 1.83 bits per heavy atom. The zero-order valence-electron chi connectivity index (χ0n) is 7.96. The molecule has 0 N–H and O–H groups in total. The molecule has 0 amide bonds. The first-order chi connectivity index (χ1) is 5.51. The Labute approximate surface area is 73.3 Å². The van der Waals surface area contributed by atoms with Gasteiger partial charge in [0.1, 0.15) is 6.10 Å². The highest BCUT2D eigenvalue weighted by molar-refractivity contribution is 5.66. The summed E-state index contributed by atoms with van der Waals surface area (Å²) in [4.78, 5) is 10.7. The van der Waals surface area contributed by atoms with Crippen molar-refractivity contribution in [1.82, 2.24) is 0 Å². The summed E-state index contributed by atoms with van der Waals surface area (Å²) in [7, 11) is 0. The summed E-state index contributed by atoms with van der Waals surface area (Å²) in [5, 5.41) is 0. The van der Waals surface area contributed by atoms with Gasteiger partial charge in [0.2, 0.25) is 0 Å². The van der Waals surface area contributed by atoms with Gasteiger partial charge in [0.05, 0.1) is 0 Å². The van der Waals surface area contributed by atoms with Crippen LogP contribution in [0.4, 0.5) is 0 Å². The third kappa shape index (κ3) is 1.05. The minimum absolute atomic E-state index is 0.126. The quantitative estimate of drug-likeness (QED) is 0.560. The molecule has 2 aliphatic carbocycles. The lowest BCUT2D eigenvalue weighted by atomic mass is 9.99. The molecule has 2 heteroatoms. The predicted molar refractivity (Wildman–Crippen MR) is 45.5 cm³/mol. The van der Waals surface area contributed by atoms with E-state index in [1.54, 1.807) is 0 Å². The highest BCUT2D eigenvalue weighted by Crippen LogP contribution is 2.67. The van der Waals surface area contributed by atoms with Crippen LogP contribution in [-0.2, 0) is 9.53 Å². The maximum Gasteiger partial charge on any atom is 0.302 e. The molecule has 12 heavy (non-hydrogen) atoms. The van der Waals surface area contributed by atoms with Crippen LogP contribution in [0.15, 0.2) is 0 Å². The Kier molecular flexibility index (Phi) is 1.51. The van der Waals surface area contributed by atoms with Crippen LogP contribution in [0.25, 0.3) is 0 Å². The van der Waals surface area contributed by atoms with Crippen molar-refractivity contribution in [3.8, 4) is 0 Å². The molecule has 2 rings (SSSR count). The lowest BCUT2D eigenvalue weighted by molar-refractivity contribution is -0.146. The Morgan fingerprint density at radius 3 is 2.25 bits per heavy atom. The molecule has 2 atom stereocenters. The highest BCUT2D eigenvalue weighted by atomic mass is 16.5. The van der Waals surface area contributed by atoms with Crippen molar-refractivity contribution in [3.05, 3.63) is 0 Å². The van der Waals surface area contributed by atoms with Crippen molar-refractivity contribution in [1.29, 1.82) is 0 Å². The minimum atomic E-state index is -0.126. The molecule has 2 aliphatic rings. The molecule has 2 nitrogen and oxygen atoms in total. The molecule has 2 fully saturated rings. The Bertz CT molecular complexity index is 206. The number of carbonyl (C=O) groups is 1. The van der Waals surface area contributed by atoms with Gasteiger partial charge in [0, 0.05) is 6.92 Å². The average molecular weight is 168 g/mol. The molecule has 0 aliphatic heterocycles. The summed E-state index contributed by atoms with van der Waals surface area (Å²) in [6.07, 6.45) is 2.42. The van der Waals surface area contributed by atoms with Crippen LogP contribution in [0.3, 0.4) is 0 Å². The fraction of sp³-hybridized carbons (Fsp3) is 0.900. The van der Waals surface area contributed by atoms with Gasteiger partial charge in [-0.2, -0.15) is 0 Å². The smallest absolute Gasteiger partial charge is 0.302 e. The maximum absolute atomic E-state index is 10.7. The maximum atomic E-state index is 10.7. The van der Waals surface area contributed by atoms with Crippen LogP contribution in [0.2, 0.25) is 0 Å². The van der Waals surface area contributed by atoms with Gasteiger partial charge in [0.15, 0.2) is 0 Å². The minimum Gasteiger partial charge on any atom is -0.463 e. The van der Waals surface area contributed by atoms with Crippen LogP contribution >= 0.6 is 0 Å². The number of fused-ring (bicyclic) bond motifs is 1. The molecule has 0 aromatic rings. The van der Waals surface area contributed by atoms with Crippen LogP contribution in [0.5, 0.6) is 0 Å². The summed E-state index contributed by atoms with van der Waals surface area (Å²) in [5.74, 6) is 1.52. The SMILES string of the molecule is CC(=O)OC1CC2C(C1)C2(C)C. The second-order valence-corrected chi connectivity index (χ2v) is 4.74. The number of esters is 1. The molecular formula is C10H16O2. The van der Waals surface area contributed by atoms with Crippen LogP contribution in [-0.4, -0.2) is 12.1 Å². The second-order valence-electron chi connectivity index (χ2n) is 4.74. The van der Waals surface area contributed by atoms with Gasteiger partial charge in [-0.15, -0.1) is 0 Å². The topological polar surface area (TPSA) is 26.3 Å². The van der Waals surface area contributed by atoms with Crippen molar-refractivity contribution < 1.29 is 9.53 Å². The molecule has 68 valence electrons. The third-order valence-corrected chi connectivity index (χ3v) is 3.65. The molecule has 0 saturated heterocycles. The lowest BCUT2D eigenvalue weighted by Gasteiger charge is -2.16. The van der Waals surface area contributed by atoms with Crippen LogP contribution in [0.1, 0.15) is 33.6 Å². The van der Waals surface area contributed by atoms with Crippen molar-refractivity contribution in [2.24, 2.45) is 17.3 Å². The summed E-state index contributed by atoms with van der Waals surface area (Å²) in [6.45, 7) is 6.12. The van der Waals surface area contributed by atoms with E-state index in [0.29, 0.717) is 5.41 Å². The molecular weight excluding hydrogens is 152 g/mol. The molecule has 0 spiro atoms. The Morgan fingerprint density at radius 1 is 1.33 bits per heavy atom. The van der Waals surface area contributed by atoms with Crippen molar-refractivity contribution in [2.45, 2.75) is 39.7 Å². The van der Waals surface area contributed by atoms with E-state index < -0.39 is 0 Å². The van der Waals surface area contributed by atoms with Crippen LogP contribution in [0, 0.1) is 17.3 Å². The normalized spacial score (nSPS) is 42.1. The summed E-state index contributed by atoms with van der Waals surface area (Å²) < 4.78 is 5.17. The van der Waals surface area contributed by atoms with E-state index in [2.05, 4.69) is 13.8 Å². The highest BCUT2D eigenvalue weighted by Gasteiger charge is 2.62. The van der Waals surface area contributed by atoms with Crippen molar-refractivity contribution >= 4 is 5.97 Å². The van der Waals surface area contributed by atoms with Gasteiger partial charge in [-0.05, 0) is 30.1 Å². The van der Waals surface area contributed by atoms with E-state index in [1.807, 2.05) is 0 Å². The fourth-order valence-corrected chi connectivity index (χ4v) is 2.79. The summed E-state index contributed by atoms with van der Waals surface area (Å²) in [5.41, 5.74) is 0.538. The monoisotopic (exact) mass is 168 g/mol. The second kappa shape index (κ2) is 2.24. The Balaban J connectivity index is 1.86. The number of hydrogen-bond donors (Lipinski definition) is 0. The number of hydrogen-bond acceptors (Lipinski definition) is 2. The first-order valence-corrected chi connectivity index (χ1v) is 4.69. The first kappa shape index (κ1) is 8.09. The molecule has 0 bridgehead atoms. The summed E-state index contributed by atoms with van der Waals surface area (Å²) in [6, 6.07) is 0. The number of ether oxygens (including phenoxy) is 1. The molecule has 2 unspecified atom stereocenters. The largest absolute Gasteiger partial charge is 0.463 e. The van der Waals surface area contributed by atoms with Crippen molar-refractivity contribution in [2.75, 3.05) is 0 Å². The van der Waals surface area contributed by atoms with Crippen molar-refractivity contribution in [3.63, 3.8) is 0 Å². The molecule has 0 aromatic heterocycles. The third-order valence-electron chi connectivity index (χ3n) is 3.65. The molecule has 0 aromatic carbocycles. The fourth-order valence-electron chi connectivity index (χ4n) is 2.79. The van der Waals surface area contributed by atoms with E-state index in [4.69, 9.17) is 4.74 Å². The number of carbonyl (C=O) groups excluding carboxylic acids is 1. The summed E-state index contributed by atoms with van der Waals surface area (Å²) >= 11 is 0. The Hall–Kier alpha value is -0.530. The van der Waals surface area contributed by atoms with Gasteiger partial charge >= 0.3 is 5.97 Å². The van der Waals surface area contributed by atoms with Gasteiger partial charge in [-0.25, -0.2) is 0 Å². The van der Waals surface area contributed by atoms with Gasteiger partial charge in [0.25, 0.3) is 0 Å². The molecule has 0 radical (unpaired) electrons. The lowest BCUT2D eigenvalue weighted by Crippen LogP contribution is -2.17. The van der Waals surface area contributed by atoms with Gasteiger partial charge < -0.3 is 4.74 Å². The predicted octanol–water partition coefficient (Wildman–Crippen LogP) is 1.98. The standard InChI is InChI=1S/C10H16O2/c1-6(11)12-7-4-8-9(5-7)10(8,2)3/h7-9H,4-5H2,1-3H3. The van der Waals surface area contributed by atoms with E-state index in [-0.39, 0.29) is 12.1 Å². The number of rotatable bonds is 1. The molecule has 2 saturated carbocycles. The molecule has 0 heterocycles.